The second kappa shape index (κ2) is 2.86. The van der Waals surface area contributed by atoms with E-state index in [2.05, 4.69) is 0 Å². The molecule has 10 heavy (non-hydrogen) atoms. The lowest BCUT2D eigenvalue weighted by Crippen LogP contribution is -2.28. The monoisotopic (exact) mass is 140 g/mol. The molecular weight excluding hydrogens is 128 g/mol. The van der Waals surface area contributed by atoms with Gasteiger partial charge in [0.05, 0.1) is 12.2 Å². The van der Waals surface area contributed by atoms with E-state index < -0.39 is 0 Å². The van der Waals surface area contributed by atoms with Gasteiger partial charge in [-0.05, 0) is 18.9 Å². The molecule has 2 nitrogen and oxygen atoms in total. The topological polar surface area (TPSA) is 26.3 Å². The molecule has 0 spiro atoms. The zero-order valence-corrected chi connectivity index (χ0v) is 6.28. The Bertz CT molecular complexity index is 151. The van der Waals surface area contributed by atoms with Crippen LogP contribution < -0.4 is 0 Å². The van der Waals surface area contributed by atoms with Crippen molar-refractivity contribution in [3.8, 4) is 0 Å². The van der Waals surface area contributed by atoms with Gasteiger partial charge < -0.3 is 9.53 Å². The Labute approximate surface area is 60.9 Å². The first-order valence-corrected chi connectivity index (χ1v) is 3.53. The largest absolute Gasteiger partial charge is 0.498 e. The molecule has 1 aliphatic rings. The van der Waals surface area contributed by atoms with Crippen LogP contribution in [0.4, 0.5) is 0 Å². The zero-order chi connectivity index (χ0) is 7.56. The minimum Gasteiger partial charge on any atom is -0.498 e. The van der Waals surface area contributed by atoms with Crippen molar-refractivity contribution in [3.63, 3.8) is 0 Å². The number of carbonyl (C=O) groups excluding carboxylic acids is 1. The molecule has 1 rings (SSSR count). The van der Waals surface area contributed by atoms with Crippen LogP contribution in [-0.4, -0.2) is 12.4 Å². The molecule has 0 saturated heterocycles. The van der Waals surface area contributed by atoms with Gasteiger partial charge in [-0.3, -0.25) is 0 Å². The smallest absolute Gasteiger partial charge is 0.127 e. The molecular formula is C8H12O2. The van der Waals surface area contributed by atoms with Crippen molar-refractivity contribution >= 4 is 6.29 Å². The highest BCUT2D eigenvalue weighted by molar-refractivity contribution is 5.55. The number of carbonyl (C=O) groups is 1. The quantitative estimate of drug-likeness (QED) is 0.514. The summed E-state index contributed by atoms with van der Waals surface area (Å²) in [7, 11) is 0. The first-order chi connectivity index (χ1) is 4.75. The van der Waals surface area contributed by atoms with Gasteiger partial charge in [0.15, 0.2) is 0 Å². The van der Waals surface area contributed by atoms with Crippen LogP contribution in [0.2, 0.25) is 0 Å². The number of aldehydes is 1. The van der Waals surface area contributed by atoms with Crippen molar-refractivity contribution in [2.75, 3.05) is 0 Å². The summed E-state index contributed by atoms with van der Waals surface area (Å²) in [6, 6.07) is 0. The molecule has 2 heteroatoms. The molecule has 56 valence electrons. The first-order valence-electron chi connectivity index (χ1n) is 3.53. The maximum absolute atomic E-state index is 10.5. The third-order valence-electron chi connectivity index (χ3n) is 1.98. The van der Waals surface area contributed by atoms with Crippen LogP contribution in [0.15, 0.2) is 12.3 Å². The predicted octanol–water partition coefficient (Wildman–Crippen LogP) is 1.37. The van der Waals surface area contributed by atoms with Gasteiger partial charge in [-0.15, -0.1) is 0 Å². The van der Waals surface area contributed by atoms with Gasteiger partial charge in [0.2, 0.25) is 0 Å². The van der Waals surface area contributed by atoms with E-state index in [0.717, 1.165) is 6.29 Å². The molecule has 0 aromatic rings. The maximum atomic E-state index is 10.5. The van der Waals surface area contributed by atoms with E-state index in [9.17, 15) is 4.79 Å². The van der Waals surface area contributed by atoms with E-state index >= 15 is 0 Å². The Morgan fingerprint density at radius 1 is 1.50 bits per heavy atom. The van der Waals surface area contributed by atoms with Gasteiger partial charge >= 0.3 is 0 Å². The lowest BCUT2D eigenvalue weighted by Gasteiger charge is -2.26. The van der Waals surface area contributed by atoms with Crippen LogP contribution in [0, 0.1) is 11.8 Å². The SMILES string of the molecule is CC1C=COC(C)C1C=O. The van der Waals surface area contributed by atoms with Gasteiger partial charge in [-0.2, -0.15) is 0 Å². The third kappa shape index (κ3) is 1.20. The first kappa shape index (κ1) is 7.32. The molecule has 1 aliphatic heterocycles. The second-order valence-electron chi connectivity index (χ2n) is 2.74. The summed E-state index contributed by atoms with van der Waals surface area (Å²) in [6.45, 7) is 3.94. The van der Waals surface area contributed by atoms with Crippen molar-refractivity contribution in [3.05, 3.63) is 12.3 Å². The number of hydrogen-bond donors (Lipinski definition) is 0. The molecule has 0 saturated carbocycles. The fourth-order valence-electron chi connectivity index (χ4n) is 1.17. The van der Waals surface area contributed by atoms with Gasteiger partial charge in [0.1, 0.15) is 12.4 Å². The summed E-state index contributed by atoms with van der Waals surface area (Å²) in [4.78, 5) is 10.5. The summed E-state index contributed by atoms with van der Waals surface area (Å²) < 4.78 is 5.14. The van der Waals surface area contributed by atoms with E-state index in [1.54, 1.807) is 6.26 Å². The van der Waals surface area contributed by atoms with Crippen LogP contribution >= 0.6 is 0 Å². The molecule has 0 amide bonds. The van der Waals surface area contributed by atoms with Crippen LogP contribution in [0.3, 0.4) is 0 Å². The van der Waals surface area contributed by atoms with Gasteiger partial charge in [0, 0.05) is 0 Å². The van der Waals surface area contributed by atoms with Crippen LogP contribution in [0.5, 0.6) is 0 Å². The normalized spacial score (nSPS) is 38.8. The Balaban J connectivity index is 2.67. The average Bonchev–Trinajstić information content (AvgIpc) is 1.88. The molecule has 0 radical (unpaired) electrons. The predicted molar refractivity (Wildman–Crippen MR) is 38.4 cm³/mol. The Morgan fingerprint density at radius 2 is 2.20 bits per heavy atom. The standard InChI is InChI=1S/C8H12O2/c1-6-3-4-10-7(2)8(6)5-9/h3-8H,1-2H3. The zero-order valence-electron chi connectivity index (χ0n) is 6.28. The minimum atomic E-state index is 0.0324. The lowest BCUT2D eigenvalue weighted by atomic mass is 9.90. The number of ether oxygens (including phenoxy) is 1. The summed E-state index contributed by atoms with van der Waals surface area (Å²) >= 11 is 0. The molecule has 0 bridgehead atoms. The molecule has 3 atom stereocenters. The summed E-state index contributed by atoms with van der Waals surface area (Å²) in [6.07, 6.45) is 4.60. The molecule has 1 heterocycles. The maximum Gasteiger partial charge on any atom is 0.127 e. The van der Waals surface area contributed by atoms with Gasteiger partial charge in [-0.1, -0.05) is 6.92 Å². The van der Waals surface area contributed by atoms with E-state index in [1.165, 1.54) is 0 Å². The fourth-order valence-corrected chi connectivity index (χ4v) is 1.17. The molecule has 0 fully saturated rings. The van der Waals surface area contributed by atoms with Gasteiger partial charge in [-0.25, -0.2) is 0 Å². The summed E-state index contributed by atoms with van der Waals surface area (Å²) in [5.74, 6) is 0.353. The third-order valence-corrected chi connectivity index (χ3v) is 1.98. The average molecular weight is 140 g/mol. The molecule has 0 aromatic carbocycles. The second-order valence-corrected chi connectivity index (χ2v) is 2.74. The van der Waals surface area contributed by atoms with E-state index in [0.29, 0.717) is 5.92 Å². The summed E-state index contributed by atoms with van der Waals surface area (Å²) in [5, 5.41) is 0. The van der Waals surface area contributed by atoms with E-state index in [-0.39, 0.29) is 12.0 Å². The highest BCUT2D eigenvalue weighted by Crippen LogP contribution is 2.21. The van der Waals surface area contributed by atoms with Gasteiger partial charge in [0.25, 0.3) is 0 Å². The highest BCUT2D eigenvalue weighted by Gasteiger charge is 2.24. The lowest BCUT2D eigenvalue weighted by molar-refractivity contribution is -0.116. The van der Waals surface area contributed by atoms with Crippen LogP contribution in [-0.2, 0) is 9.53 Å². The Hall–Kier alpha value is -0.790. The molecule has 0 aliphatic carbocycles. The van der Waals surface area contributed by atoms with Crippen molar-refractivity contribution in [1.82, 2.24) is 0 Å². The Morgan fingerprint density at radius 3 is 2.60 bits per heavy atom. The molecule has 3 unspecified atom stereocenters. The van der Waals surface area contributed by atoms with E-state index in [4.69, 9.17) is 4.74 Å². The molecule has 0 aromatic heterocycles. The molecule has 0 N–H and O–H groups in total. The number of allylic oxidation sites excluding steroid dienone is 1. The van der Waals surface area contributed by atoms with Crippen molar-refractivity contribution in [1.29, 1.82) is 0 Å². The van der Waals surface area contributed by atoms with Crippen molar-refractivity contribution in [2.24, 2.45) is 11.8 Å². The minimum absolute atomic E-state index is 0.0324. The number of hydrogen-bond acceptors (Lipinski definition) is 2. The van der Waals surface area contributed by atoms with E-state index in [1.807, 2.05) is 19.9 Å². The number of rotatable bonds is 1. The summed E-state index contributed by atoms with van der Waals surface area (Å²) in [5.41, 5.74) is 0. The van der Waals surface area contributed by atoms with Crippen molar-refractivity contribution < 1.29 is 9.53 Å². The Kier molecular flexibility index (Phi) is 2.10. The highest BCUT2D eigenvalue weighted by atomic mass is 16.5. The fraction of sp³-hybridized carbons (Fsp3) is 0.625. The van der Waals surface area contributed by atoms with Crippen LogP contribution in [0.1, 0.15) is 13.8 Å². The van der Waals surface area contributed by atoms with Crippen molar-refractivity contribution in [2.45, 2.75) is 20.0 Å². The van der Waals surface area contributed by atoms with Crippen LogP contribution in [0.25, 0.3) is 0 Å².